The van der Waals surface area contributed by atoms with Gasteiger partial charge in [-0.05, 0) is 24.3 Å². The van der Waals surface area contributed by atoms with Crippen LogP contribution in [-0.2, 0) is 27.3 Å². The van der Waals surface area contributed by atoms with Gasteiger partial charge in [0.2, 0.25) is 0 Å². The van der Waals surface area contributed by atoms with E-state index in [4.69, 9.17) is 5.73 Å². The van der Waals surface area contributed by atoms with Crippen LogP contribution in [0.15, 0.2) is 72.8 Å². The van der Waals surface area contributed by atoms with Crippen molar-refractivity contribution in [3.05, 3.63) is 101 Å². The number of sulfonamides is 1. The first kappa shape index (κ1) is 34.2. The van der Waals surface area contributed by atoms with E-state index < -0.39 is 30.2 Å². The van der Waals surface area contributed by atoms with E-state index in [9.17, 15) is 8.42 Å². The van der Waals surface area contributed by atoms with E-state index in [-0.39, 0.29) is 0 Å². The van der Waals surface area contributed by atoms with Gasteiger partial charge in [0.1, 0.15) is 0 Å². The average molecular weight is 622 g/mol. The molecule has 0 heterocycles. The van der Waals surface area contributed by atoms with Gasteiger partial charge in [-0.15, -0.1) is 12.1 Å². The van der Waals surface area contributed by atoms with Gasteiger partial charge in [0.15, 0.2) is 0 Å². The summed E-state index contributed by atoms with van der Waals surface area (Å²) in [6.45, 7) is 14.7. The number of nitrogens with zero attached hydrogens (tertiary/aromatic N) is 1. The minimum absolute atomic E-state index is 0.724. The van der Waals surface area contributed by atoms with Crippen LogP contribution in [0.1, 0.15) is 49.9 Å². The maximum atomic E-state index is 11.5. The summed E-state index contributed by atoms with van der Waals surface area (Å²) in [6, 6.07) is 16.7. The summed E-state index contributed by atoms with van der Waals surface area (Å²) >= 11 is 1.82. The number of hydrogen-bond donors (Lipinski definition) is 0. The second-order valence-electron chi connectivity index (χ2n) is 9.49. The van der Waals surface area contributed by atoms with Crippen LogP contribution in [-0.4, -0.2) is 22.7 Å². The van der Waals surface area contributed by atoms with Crippen LogP contribution in [0.25, 0.3) is 10.5 Å². The molecule has 0 fully saturated rings. The predicted molar refractivity (Wildman–Crippen MR) is 152 cm³/mol. The third kappa shape index (κ3) is 13.9. The van der Waals surface area contributed by atoms with Crippen LogP contribution >= 0.6 is 9.69 Å². The summed E-state index contributed by atoms with van der Waals surface area (Å²) < 4.78 is 26.8. The summed E-state index contributed by atoms with van der Waals surface area (Å²) in [5, 5.41) is 0. The molecule has 1 aliphatic rings. The van der Waals surface area contributed by atoms with Crippen molar-refractivity contribution in [3.8, 4) is 0 Å². The van der Waals surface area contributed by atoms with Crippen LogP contribution in [0.2, 0.25) is 25.2 Å². The fraction of sp³-hybridized carbons (Fsp3) is 0.444. The number of benzene rings is 2. The van der Waals surface area contributed by atoms with Gasteiger partial charge < -0.3 is 17.4 Å². The number of hydrogen-bond acceptors (Lipinski definition) is 2. The first-order valence-electron chi connectivity index (χ1n) is 11.7. The van der Waals surface area contributed by atoms with E-state index in [0.29, 0.717) is 0 Å². The molecule has 0 saturated carbocycles. The van der Waals surface area contributed by atoms with Gasteiger partial charge in [-0.2, -0.15) is 6.92 Å². The first-order valence-corrected chi connectivity index (χ1v) is 19.4. The summed E-state index contributed by atoms with van der Waals surface area (Å²) in [6.07, 6.45) is 8.78. The molecule has 4 nitrogen and oxygen atoms in total. The summed E-state index contributed by atoms with van der Waals surface area (Å²) in [7, 11) is 0.177. The standard InChI is InChI=1S/C15H16N2O2S.C10H20Si.C2H5.ClH.Ru/c1-20(18,19)17-15(13-10-6-3-7-11-13)14(16)12-8-4-2-5-9-12;1-9-5-7-10(8-6-9)11(2,3)4;1-2;;/h2-11,14-16H,1H3;5,7,9-10H,6,8H2,1-4H3;1H2,2H3;1H;/q-2;;-1;;+4/p-1/t14-,15-;9-,10+;;;/m00.../s1. The Morgan fingerprint density at radius 3 is 1.77 bits per heavy atom. The Labute approximate surface area is 229 Å². The van der Waals surface area contributed by atoms with E-state index in [1.54, 1.807) is 19.1 Å². The van der Waals surface area contributed by atoms with Crippen molar-refractivity contribution in [3.63, 3.8) is 0 Å². The molecule has 0 spiro atoms. The number of nitrogens with one attached hydrogen (secondary N) is 1. The zero-order valence-electron chi connectivity index (χ0n) is 21.8. The molecule has 0 aliphatic heterocycles. The molecule has 2 aromatic carbocycles. The molecule has 0 radical (unpaired) electrons. The summed E-state index contributed by atoms with van der Waals surface area (Å²) in [4.78, 5) is 0. The number of rotatable bonds is 6. The molecule has 8 heteroatoms. The van der Waals surface area contributed by atoms with Crippen molar-refractivity contribution >= 4 is 27.8 Å². The molecule has 35 heavy (non-hydrogen) atoms. The van der Waals surface area contributed by atoms with Gasteiger partial charge >= 0.3 is 27.0 Å². The zero-order valence-corrected chi connectivity index (χ0v) is 26.1. The third-order valence-corrected chi connectivity index (χ3v) is 8.95. The monoisotopic (exact) mass is 622 g/mol. The average Bonchev–Trinajstić information content (AvgIpc) is 2.85. The van der Waals surface area contributed by atoms with Crippen LogP contribution in [0.4, 0.5) is 0 Å². The molecule has 0 unspecified atom stereocenters. The van der Waals surface area contributed by atoms with Gasteiger partial charge in [-0.3, -0.25) is 0 Å². The Hall–Kier alpha value is -0.820. The van der Waals surface area contributed by atoms with Crippen LogP contribution in [0, 0.1) is 12.8 Å². The maximum absolute atomic E-state index is 11.5. The second-order valence-corrected chi connectivity index (χ2v) is 16.6. The topological polar surface area (TPSA) is 72.0 Å². The van der Waals surface area contributed by atoms with Crippen molar-refractivity contribution in [2.45, 2.75) is 64.0 Å². The third-order valence-electron chi connectivity index (χ3n) is 5.64. The molecule has 0 bridgehead atoms. The van der Waals surface area contributed by atoms with Crippen molar-refractivity contribution in [2.75, 3.05) is 6.26 Å². The summed E-state index contributed by atoms with van der Waals surface area (Å²) in [5.41, 5.74) is 10.7. The van der Waals surface area contributed by atoms with Gasteiger partial charge in [0, 0.05) is 6.26 Å². The van der Waals surface area contributed by atoms with Crippen LogP contribution in [0.3, 0.4) is 0 Å². The van der Waals surface area contributed by atoms with Gasteiger partial charge in [-0.1, -0.05) is 111 Å². The fourth-order valence-corrected chi connectivity index (χ4v) is 6.07. The van der Waals surface area contributed by atoms with E-state index in [1.807, 2.05) is 65.8 Å². The molecule has 2 aromatic rings. The fourth-order valence-electron chi connectivity index (χ4n) is 3.69. The Morgan fingerprint density at radius 1 is 0.943 bits per heavy atom. The summed E-state index contributed by atoms with van der Waals surface area (Å²) in [5.74, 6) is 0.836. The van der Waals surface area contributed by atoms with Crippen molar-refractivity contribution in [2.24, 2.45) is 5.92 Å². The SMILES string of the molecule is CS(=O)(=O)[N-][C@@H](c1ccccc1)[C@@H]([NH-])c1ccccc1.C[C@H]1C=C[C@@H]([Si](C)(C)C)CC1.[CH2-]C.[Cl][Ru+3]. The van der Waals surface area contributed by atoms with Crippen molar-refractivity contribution in [1.82, 2.24) is 0 Å². The molecule has 3 rings (SSSR count). The first-order chi connectivity index (χ1) is 16.5. The molecule has 196 valence electrons. The number of allylic oxidation sites excluding steroid dienone is 2. The molecular weight excluding hydrogens is 581 g/mol. The molecule has 0 amide bonds. The Kier molecular flexibility index (Phi) is 17.2. The Balaban J connectivity index is 0.000000652. The van der Waals surface area contributed by atoms with E-state index in [0.717, 1.165) is 28.8 Å². The Bertz CT molecular complexity index is 939. The van der Waals surface area contributed by atoms with E-state index >= 15 is 0 Å². The van der Waals surface area contributed by atoms with E-state index in [1.165, 1.54) is 12.8 Å². The quantitative estimate of drug-likeness (QED) is 0.183. The molecule has 4 atom stereocenters. The van der Waals surface area contributed by atoms with Crippen LogP contribution < -0.4 is 0 Å². The van der Waals surface area contributed by atoms with Crippen LogP contribution in [0.5, 0.6) is 0 Å². The van der Waals surface area contributed by atoms with Gasteiger partial charge in [0.25, 0.3) is 0 Å². The molecule has 0 aromatic heterocycles. The molecular formula is C27H41ClN2O2RuSSi. The molecule has 1 N–H and O–H groups in total. The normalized spacial score (nSPS) is 18.9. The van der Waals surface area contributed by atoms with E-state index in [2.05, 4.69) is 60.1 Å². The Morgan fingerprint density at radius 2 is 1.40 bits per heavy atom. The molecule has 1 aliphatic carbocycles. The zero-order chi connectivity index (χ0) is 27.1. The van der Waals surface area contributed by atoms with Gasteiger partial charge in [-0.25, -0.2) is 8.42 Å². The van der Waals surface area contributed by atoms with Gasteiger partial charge in [0.05, 0.1) is 18.1 Å². The second kappa shape index (κ2) is 17.6. The molecule has 0 saturated heterocycles. The van der Waals surface area contributed by atoms with Crippen molar-refractivity contribution < 1.29 is 25.7 Å². The number of halogens is 1. The predicted octanol–water partition coefficient (Wildman–Crippen LogP) is 9.06. The minimum atomic E-state index is -3.52. The van der Waals surface area contributed by atoms with Crippen molar-refractivity contribution in [1.29, 1.82) is 0 Å².